The lowest BCUT2D eigenvalue weighted by atomic mass is 9.53. The van der Waals surface area contributed by atoms with Gasteiger partial charge in [-0.2, -0.15) is 5.26 Å². The Bertz CT molecular complexity index is 1170. The van der Waals surface area contributed by atoms with Gasteiger partial charge in [-0.15, -0.1) is 0 Å². The fourth-order valence-electron chi connectivity index (χ4n) is 6.50. The number of aryl methyl sites for hydroxylation is 1. The highest BCUT2D eigenvalue weighted by molar-refractivity contribution is 5.99. The van der Waals surface area contributed by atoms with E-state index >= 15 is 0 Å². The van der Waals surface area contributed by atoms with Crippen LogP contribution in [0.5, 0.6) is 5.75 Å². The second-order valence-corrected chi connectivity index (χ2v) is 9.78. The van der Waals surface area contributed by atoms with Gasteiger partial charge in [-0.25, -0.2) is 4.98 Å². The summed E-state index contributed by atoms with van der Waals surface area (Å²) in [6.07, 6.45) is 9.67. The number of carbonyl (C=O) groups excluding carboxylic acids is 1. The van der Waals surface area contributed by atoms with Crippen LogP contribution in [0.3, 0.4) is 0 Å². The van der Waals surface area contributed by atoms with Crippen molar-refractivity contribution in [2.24, 2.45) is 17.8 Å². The number of phenols is 1. The van der Waals surface area contributed by atoms with E-state index in [2.05, 4.69) is 10.3 Å². The molecule has 2 heterocycles. The number of fused-ring (bicyclic) bond motifs is 1. The molecule has 0 spiro atoms. The van der Waals surface area contributed by atoms with Crippen LogP contribution in [-0.2, 0) is 0 Å². The monoisotopic (exact) mass is 428 g/mol. The summed E-state index contributed by atoms with van der Waals surface area (Å²) in [6.45, 7) is 1.95. The molecule has 2 aromatic heterocycles. The van der Waals surface area contributed by atoms with Crippen molar-refractivity contribution in [2.45, 2.75) is 51.0 Å². The maximum atomic E-state index is 13.0. The van der Waals surface area contributed by atoms with Crippen molar-refractivity contribution >= 4 is 11.4 Å². The Morgan fingerprint density at radius 3 is 2.41 bits per heavy atom. The number of aromatic nitrogens is 2. The highest BCUT2D eigenvalue weighted by Gasteiger charge is 2.51. The molecule has 0 unspecified atom stereocenters. The minimum Gasteiger partial charge on any atom is -0.508 e. The first-order valence-corrected chi connectivity index (χ1v) is 11.4. The molecule has 0 atom stereocenters. The number of pyridine rings is 1. The number of phenolic OH excluding ortho intramolecular Hbond substituents is 1. The molecule has 4 fully saturated rings. The van der Waals surface area contributed by atoms with Crippen molar-refractivity contribution in [2.75, 3.05) is 0 Å². The molecule has 2 N–H and O–H groups in total. The Morgan fingerprint density at radius 1 is 1.12 bits per heavy atom. The minimum absolute atomic E-state index is 0.0174. The number of imidazole rings is 1. The van der Waals surface area contributed by atoms with Crippen LogP contribution in [0.4, 0.5) is 0 Å². The normalized spacial score (nSPS) is 27.4. The fourth-order valence-corrected chi connectivity index (χ4v) is 6.50. The molecule has 1 amide bonds. The maximum Gasteiger partial charge on any atom is 0.272 e. The number of carbonyl (C=O) groups is 1. The molecular weight excluding hydrogens is 400 g/mol. The average Bonchev–Trinajstić information content (AvgIpc) is 3.10. The zero-order valence-corrected chi connectivity index (χ0v) is 18.3. The molecule has 32 heavy (non-hydrogen) atoms. The van der Waals surface area contributed by atoms with E-state index in [1.807, 2.05) is 41.8 Å². The first-order valence-electron chi connectivity index (χ1n) is 11.4. The lowest BCUT2D eigenvalue weighted by molar-refractivity contribution is -0.0167. The number of amides is 1. The van der Waals surface area contributed by atoms with Crippen molar-refractivity contribution in [1.29, 1.82) is 5.26 Å². The smallest absolute Gasteiger partial charge is 0.272 e. The van der Waals surface area contributed by atoms with Gasteiger partial charge >= 0.3 is 0 Å². The third-order valence-corrected chi connectivity index (χ3v) is 7.33. The number of benzene rings is 1. The van der Waals surface area contributed by atoms with Gasteiger partial charge in [-0.1, -0.05) is 12.1 Å². The van der Waals surface area contributed by atoms with Crippen molar-refractivity contribution < 1.29 is 9.90 Å². The van der Waals surface area contributed by atoms with E-state index in [0.29, 0.717) is 11.3 Å². The quantitative estimate of drug-likeness (QED) is 0.624. The van der Waals surface area contributed by atoms with Crippen LogP contribution < -0.4 is 5.32 Å². The SMILES string of the molecule is Cc1nc(C(=O)NC23CC4CC(CC(C4)C2)C3)c2ccccn12.N#Cc1cccc(O)c1. The Morgan fingerprint density at radius 2 is 1.81 bits per heavy atom. The number of rotatable bonds is 2. The molecule has 4 aliphatic carbocycles. The summed E-state index contributed by atoms with van der Waals surface area (Å²) >= 11 is 0. The van der Waals surface area contributed by atoms with Crippen molar-refractivity contribution in [3.8, 4) is 11.8 Å². The van der Waals surface area contributed by atoms with Gasteiger partial charge in [0.2, 0.25) is 0 Å². The molecule has 6 nitrogen and oxygen atoms in total. The van der Waals surface area contributed by atoms with E-state index in [4.69, 9.17) is 10.4 Å². The summed E-state index contributed by atoms with van der Waals surface area (Å²) in [7, 11) is 0. The molecule has 6 heteroatoms. The third-order valence-electron chi connectivity index (χ3n) is 7.33. The zero-order chi connectivity index (χ0) is 22.3. The second kappa shape index (κ2) is 7.98. The molecule has 4 saturated carbocycles. The van der Waals surface area contributed by atoms with Crippen LogP contribution >= 0.6 is 0 Å². The van der Waals surface area contributed by atoms with Gasteiger partial charge < -0.3 is 14.8 Å². The van der Waals surface area contributed by atoms with E-state index in [-0.39, 0.29) is 17.2 Å². The topological polar surface area (TPSA) is 90.4 Å². The van der Waals surface area contributed by atoms with Crippen LogP contribution in [0.25, 0.3) is 5.52 Å². The molecular formula is C26H28N4O2. The Kier molecular flexibility index (Phi) is 5.13. The molecule has 0 aliphatic heterocycles. The summed E-state index contributed by atoms with van der Waals surface area (Å²) < 4.78 is 1.99. The van der Waals surface area contributed by atoms with E-state index in [1.165, 1.54) is 50.7 Å². The van der Waals surface area contributed by atoms with Gasteiger partial charge in [0.15, 0.2) is 5.69 Å². The number of nitrogens with one attached hydrogen (secondary N) is 1. The van der Waals surface area contributed by atoms with E-state index in [0.717, 1.165) is 29.1 Å². The van der Waals surface area contributed by atoms with E-state index in [1.54, 1.807) is 12.1 Å². The van der Waals surface area contributed by atoms with Gasteiger partial charge in [0.1, 0.15) is 11.6 Å². The standard InChI is InChI=1S/C19H23N3O.C7H5NO/c1-12-20-17(16-4-2-3-5-22(12)16)18(23)21-19-9-13-6-14(10-19)8-15(7-13)11-19;8-5-6-2-1-3-7(9)4-6/h2-5,13-15H,6-11H2,1H3,(H,21,23);1-4,9H. The minimum atomic E-state index is 0.0174. The van der Waals surface area contributed by atoms with Gasteiger partial charge in [-0.05, 0) is 93.5 Å². The lowest BCUT2D eigenvalue weighted by Crippen LogP contribution is -2.59. The van der Waals surface area contributed by atoms with Crippen molar-refractivity contribution in [3.05, 3.63) is 65.7 Å². The molecule has 4 bridgehead atoms. The Balaban J connectivity index is 0.000000203. The number of nitriles is 1. The van der Waals surface area contributed by atoms with Gasteiger partial charge in [0.25, 0.3) is 5.91 Å². The zero-order valence-electron chi connectivity index (χ0n) is 18.3. The molecule has 3 aromatic rings. The first-order chi connectivity index (χ1) is 15.4. The van der Waals surface area contributed by atoms with E-state index in [9.17, 15) is 4.79 Å². The number of nitrogens with zero attached hydrogens (tertiary/aromatic N) is 3. The summed E-state index contributed by atoms with van der Waals surface area (Å²) in [5.74, 6) is 3.53. The number of hydrogen-bond acceptors (Lipinski definition) is 4. The third kappa shape index (κ3) is 3.84. The molecule has 0 radical (unpaired) electrons. The molecule has 4 aliphatic rings. The van der Waals surface area contributed by atoms with Gasteiger partial charge in [-0.3, -0.25) is 4.79 Å². The lowest BCUT2D eigenvalue weighted by Gasteiger charge is -2.56. The predicted octanol–water partition coefficient (Wildman–Crippen LogP) is 4.61. The Hall–Kier alpha value is -3.33. The van der Waals surface area contributed by atoms with E-state index < -0.39 is 0 Å². The molecule has 164 valence electrons. The molecule has 0 saturated heterocycles. The largest absolute Gasteiger partial charge is 0.508 e. The Labute approximate surface area is 187 Å². The van der Waals surface area contributed by atoms with Crippen molar-refractivity contribution in [3.63, 3.8) is 0 Å². The number of hydrogen-bond donors (Lipinski definition) is 2. The van der Waals surface area contributed by atoms with Crippen molar-refractivity contribution in [1.82, 2.24) is 14.7 Å². The van der Waals surface area contributed by atoms with Crippen LogP contribution in [0.2, 0.25) is 0 Å². The maximum absolute atomic E-state index is 13.0. The highest BCUT2D eigenvalue weighted by Crippen LogP contribution is 2.55. The first kappa shape index (κ1) is 20.6. The van der Waals surface area contributed by atoms with Crippen LogP contribution in [-0.4, -0.2) is 25.9 Å². The summed E-state index contributed by atoms with van der Waals surface area (Å²) in [5, 5.41) is 20.5. The van der Waals surface area contributed by atoms with Gasteiger partial charge in [0, 0.05) is 11.7 Å². The molecule has 7 rings (SSSR count). The van der Waals surface area contributed by atoms with Crippen LogP contribution in [0.15, 0.2) is 48.7 Å². The summed E-state index contributed by atoms with van der Waals surface area (Å²) in [5.41, 5.74) is 2.02. The second-order valence-electron chi connectivity index (χ2n) is 9.78. The predicted molar refractivity (Wildman–Crippen MR) is 121 cm³/mol. The average molecular weight is 429 g/mol. The number of aromatic hydroxyl groups is 1. The summed E-state index contributed by atoms with van der Waals surface area (Å²) in [4.78, 5) is 17.5. The highest BCUT2D eigenvalue weighted by atomic mass is 16.3. The fraction of sp³-hybridized carbons (Fsp3) is 0.423. The summed E-state index contributed by atoms with van der Waals surface area (Å²) in [6, 6.07) is 14.1. The molecule has 1 aromatic carbocycles. The van der Waals surface area contributed by atoms with Crippen LogP contribution in [0.1, 0.15) is 60.4 Å². The van der Waals surface area contributed by atoms with Gasteiger partial charge in [0.05, 0.1) is 17.1 Å². The van der Waals surface area contributed by atoms with Crippen LogP contribution in [0, 0.1) is 36.0 Å².